The zero-order chi connectivity index (χ0) is 9.15. The van der Waals surface area contributed by atoms with E-state index in [1.165, 1.54) is 32.1 Å². The number of nitrogens with one attached hydrogen (secondary N) is 1. The van der Waals surface area contributed by atoms with Crippen LogP contribution in [0.4, 0.5) is 0 Å². The van der Waals surface area contributed by atoms with E-state index in [0.717, 1.165) is 31.6 Å². The number of aldehydes is 1. The molecule has 2 heteroatoms. The molecule has 0 atom stereocenters. The quantitative estimate of drug-likeness (QED) is 0.671. The van der Waals surface area contributed by atoms with Gasteiger partial charge >= 0.3 is 0 Å². The highest BCUT2D eigenvalue weighted by Gasteiger charge is 2.33. The van der Waals surface area contributed by atoms with Crippen LogP contribution in [0.3, 0.4) is 0 Å². The SMILES string of the molecule is O=CC1(NCC2CCC2)CCCC1. The van der Waals surface area contributed by atoms with Crippen molar-refractivity contribution in [3.05, 3.63) is 0 Å². The third-order valence-corrected chi connectivity index (χ3v) is 3.69. The summed E-state index contributed by atoms with van der Waals surface area (Å²) in [4.78, 5) is 11.0. The minimum atomic E-state index is -0.129. The van der Waals surface area contributed by atoms with Crippen LogP contribution < -0.4 is 5.32 Å². The second-order valence-electron chi connectivity index (χ2n) is 4.66. The van der Waals surface area contributed by atoms with Crippen LogP contribution in [-0.2, 0) is 4.79 Å². The van der Waals surface area contributed by atoms with Gasteiger partial charge in [-0.3, -0.25) is 0 Å². The van der Waals surface area contributed by atoms with Crippen molar-refractivity contribution in [1.29, 1.82) is 0 Å². The molecule has 2 aliphatic rings. The molecule has 0 saturated heterocycles. The van der Waals surface area contributed by atoms with Gasteiger partial charge < -0.3 is 10.1 Å². The standard InChI is InChI=1S/C11H19NO/c13-9-11(6-1-2-7-11)12-8-10-4-3-5-10/h9-10,12H,1-8H2. The van der Waals surface area contributed by atoms with Gasteiger partial charge in [0.05, 0.1) is 5.54 Å². The van der Waals surface area contributed by atoms with E-state index in [-0.39, 0.29) is 5.54 Å². The van der Waals surface area contributed by atoms with Crippen LogP contribution in [0.5, 0.6) is 0 Å². The molecule has 2 fully saturated rings. The molecule has 0 aliphatic heterocycles. The summed E-state index contributed by atoms with van der Waals surface area (Å²) in [5.41, 5.74) is -0.129. The summed E-state index contributed by atoms with van der Waals surface area (Å²) in [6, 6.07) is 0. The van der Waals surface area contributed by atoms with E-state index in [1.54, 1.807) is 0 Å². The fourth-order valence-corrected chi connectivity index (χ4v) is 2.39. The molecular formula is C11H19NO. The second kappa shape index (κ2) is 3.79. The van der Waals surface area contributed by atoms with Crippen LogP contribution in [0.25, 0.3) is 0 Å². The van der Waals surface area contributed by atoms with E-state index in [1.807, 2.05) is 0 Å². The summed E-state index contributed by atoms with van der Waals surface area (Å²) in [5.74, 6) is 0.859. The fraction of sp³-hybridized carbons (Fsp3) is 0.909. The summed E-state index contributed by atoms with van der Waals surface area (Å²) in [5, 5.41) is 3.48. The summed E-state index contributed by atoms with van der Waals surface area (Å²) in [6.07, 6.45) is 9.82. The van der Waals surface area contributed by atoms with Gasteiger partial charge in [-0.2, -0.15) is 0 Å². The minimum Gasteiger partial charge on any atom is -0.305 e. The van der Waals surface area contributed by atoms with Crippen molar-refractivity contribution in [2.24, 2.45) is 5.92 Å². The lowest BCUT2D eigenvalue weighted by molar-refractivity contribution is -0.113. The van der Waals surface area contributed by atoms with Gasteiger partial charge in [-0.1, -0.05) is 19.3 Å². The summed E-state index contributed by atoms with van der Waals surface area (Å²) >= 11 is 0. The summed E-state index contributed by atoms with van der Waals surface area (Å²) in [6.45, 7) is 1.07. The minimum absolute atomic E-state index is 0.129. The van der Waals surface area contributed by atoms with Gasteiger partial charge in [0.25, 0.3) is 0 Å². The first-order valence-corrected chi connectivity index (χ1v) is 5.56. The Morgan fingerprint density at radius 2 is 1.92 bits per heavy atom. The molecule has 0 unspecified atom stereocenters. The molecule has 0 aromatic carbocycles. The van der Waals surface area contributed by atoms with Crippen molar-refractivity contribution < 1.29 is 4.79 Å². The van der Waals surface area contributed by atoms with Crippen LogP contribution in [-0.4, -0.2) is 18.4 Å². The normalized spacial score (nSPS) is 27.1. The molecule has 0 amide bonds. The van der Waals surface area contributed by atoms with E-state index < -0.39 is 0 Å². The molecule has 0 heterocycles. The second-order valence-corrected chi connectivity index (χ2v) is 4.66. The third-order valence-electron chi connectivity index (χ3n) is 3.69. The zero-order valence-electron chi connectivity index (χ0n) is 8.22. The fourth-order valence-electron chi connectivity index (χ4n) is 2.39. The monoisotopic (exact) mass is 181 g/mol. The molecule has 0 bridgehead atoms. The van der Waals surface area contributed by atoms with Gasteiger partial charge in [-0.25, -0.2) is 0 Å². The largest absolute Gasteiger partial charge is 0.305 e. The molecule has 2 nitrogen and oxygen atoms in total. The molecule has 74 valence electrons. The Kier molecular flexibility index (Phi) is 2.68. The first kappa shape index (κ1) is 9.20. The van der Waals surface area contributed by atoms with Crippen molar-refractivity contribution in [1.82, 2.24) is 5.32 Å². The molecule has 0 aromatic rings. The number of carbonyl (C=O) groups excluding carboxylic acids is 1. The molecular weight excluding hydrogens is 162 g/mol. The van der Waals surface area contributed by atoms with E-state index in [2.05, 4.69) is 5.32 Å². The number of carbonyl (C=O) groups is 1. The average molecular weight is 181 g/mol. The van der Waals surface area contributed by atoms with Crippen LogP contribution in [0.2, 0.25) is 0 Å². The lowest BCUT2D eigenvalue weighted by Crippen LogP contribution is -2.47. The molecule has 2 saturated carbocycles. The molecule has 0 aromatic heterocycles. The summed E-state index contributed by atoms with van der Waals surface area (Å²) < 4.78 is 0. The van der Waals surface area contributed by atoms with Crippen LogP contribution in [0, 0.1) is 5.92 Å². The van der Waals surface area contributed by atoms with Gasteiger partial charge in [0, 0.05) is 0 Å². The van der Waals surface area contributed by atoms with E-state index in [4.69, 9.17) is 0 Å². The van der Waals surface area contributed by atoms with E-state index >= 15 is 0 Å². The topological polar surface area (TPSA) is 29.1 Å². The van der Waals surface area contributed by atoms with Crippen molar-refractivity contribution in [2.75, 3.05) is 6.54 Å². The molecule has 2 aliphatic carbocycles. The van der Waals surface area contributed by atoms with Gasteiger partial charge in [0.1, 0.15) is 6.29 Å². The van der Waals surface area contributed by atoms with Crippen LogP contribution in [0.1, 0.15) is 44.9 Å². The Balaban J connectivity index is 1.79. The van der Waals surface area contributed by atoms with Gasteiger partial charge in [0.2, 0.25) is 0 Å². The average Bonchev–Trinajstić information content (AvgIpc) is 2.51. The van der Waals surface area contributed by atoms with E-state index in [0.29, 0.717) is 0 Å². The first-order valence-electron chi connectivity index (χ1n) is 5.56. The number of hydrogen-bond donors (Lipinski definition) is 1. The number of hydrogen-bond acceptors (Lipinski definition) is 2. The Bertz CT molecular complexity index is 181. The Morgan fingerprint density at radius 3 is 2.38 bits per heavy atom. The van der Waals surface area contributed by atoms with E-state index in [9.17, 15) is 4.79 Å². The third kappa shape index (κ3) is 1.93. The summed E-state index contributed by atoms with van der Waals surface area (Å²) in [7, 11) is 0. The Morgan fingerprint density at radius 1 is 1.23 bits per heavy atom. The smallest absolute Gasteiger partial charge is 0.140 e. The molecule has 0 spiro atoms. The molecule has 1 N–H and O–H groups in total. The lowest BCUT2D eigenvalue weighted by Gasteiger charge is -2.31. The van der Waals surface area contributed by atoms with Crippen molar-refractivity contribution in [3.8, 4) is 0 Å². The highest BCUT2D eigenvalue weighted by molar-refractivity contribution is 5.64. The maximum Gasteiger partial charge on any atom is 0.140 e. The van der Waals surface area contributed by atoms with Crippen molar-refractivity contribution >= 4 is 6.29 Å². The van der Waals surface area contributed by atoms with Crippen LogP contribution in [0.15, 0.2) is 0 Å². The van der Waals surface area contributed by atoms with Gasteiger partial charge in [0.15, 0.2) is 0 Å². The zero-order valence-corrected chi connectivity index (χ0v) is 8.22. The molecule has 2 rings (SSSR count). The maximum atomic E-state index is 11.0. The number of rotatable bonds is 4. The predicted octanol–water partition coefficient (Wildman–Crippen LogP) is 1.89. The predicted molar refractivity (Wildman–Crippen MR) is 52.6 cm³/mol. The first-order chi connectivity index (χ1) is 6.35. The molecule has 0 radical (unpaired) electrons. The molecule has 13 heavy (non-hydrogen) atoms. The van der Waals surface area contributed by atoms with Gasteiger partial charge in [-0.05, 0) is 38.1 Å². The Labute approximate surface area is 80.1 Å². The lowest BCUT2D eigenvalue weighted by atomic mass is 9.84. The van der Waals surface area contributed by atoms with Gasteiger partial charge in [-0.15, -0.1) is 0 Å². The van der Waals surface area contributed by atoms with Crippen molar-refractivity contribution in [2.45, 2.75) is 50.5 Å². The Hall–Kier alpha value is -0.370. The highest BCUT2D eigenvalue weighted by atomic mass is 16.1. The van der Waals surface area contributed by atoms with Crippen LogP contribution >= 0.6 is 0 Å². The highest BCUT2D eigenvalue weighted by Crippen LogP contribution is 2.30. The van der Waals surface area contributed by atoms with Crippen molar-refractivity contribution in [3.63, 3.8) is 0 Å². The maximum absolute atomic E-state index is 11.0.